The minimum atomic E-state index is 0.273. The Morgan fingerprint density at radius 3 is 2.25 bits per heavy atom. The number of likely N-dealkylation sites (N-methyl/N-ethyl adjacent to an activating group) is 1. The summed E-state index contributed by atoms with van der Waals surface area (Å²) in [4.78, 5) is 15.8. The van der Waals surface area contributed by atoms with Gasteiger partial charge in [-0.2, -0.15) is 0 Å². The first-order valence-electron chi connectivity index (χ1n) is 6.33. The van der Waals surface area contributed by atoms with E-state index >= 15 is 0 Å². The molecule has 1 aliphatic carbocycles. The molecule has 4 heteroatoms. The Labute approximate surface area is 98.0 Å². The number of likely N-dealkylation sites (tertiary alicyclic amines) is 1. The number of rotatable bonds is 4. The van der Waals surface area contributed by atoms with Gasteiger partial charge in [0.05, 0.1) is 6.54 Å². The number of nitrogens with one attached hydrogen (secondary N) is 1. The van der Waals surface area contributed by atoms with Gasteiger partial charge in [-0.05, 0) is 39.8 Å². The molecule has 0 atom stereocenters. The normalized spacial score (nSPS) is 22.8. The van der Waals surface area contributed by atoms with E-state index in [9.17, 15) is 4.79 Å². The Morgan fingerprint density at radius 2 is 1.75 bits per heavy atom. The summed E-state index contributed by atoms with van der Waals surface area (Å²) in [6.07, 6.45) is 4.94. The van der Waals surface area contributed by atoms with Crippen molar-refractivity contribution in [3.8, 4) is 0 Å². The average Bonchev–Trinajstić information content (AvgIpc) is 3.01. The van der Waals surface area contributed by atoms with E-state index in [4.69, 9.17) is 0 Å². The molecule has 0 bridgehead atoms. The van der Waals surface area contributed by atoms with Crippen molar-refractivity contribution in [3.63, 3.8) is 0 Å². The molecule has 1 N–H and O–H groups in total. The molecule has 0 aromatic rings. The Hall–Kier alpha value is -0.610. The third-order valence-electron chi connectivity index (χ3n) is 3.35. The fraction of sp³-hybridized carbons (Fsp3) is 0.917. The Balaban J connectivity index is 1.69. The van der Waals surface area contributed by atoms with Crippen LogP contribution in [0.4, 0.5) is 0 Å². The zero-order valence-electron chi connectivity index (χ0n) is 10.4. The molecule has 4 nitrogen and oxygen atoms in total. The molecule has 2 rings (SSSR count). The number of hydrogen-bond acceptors (Lipinski definition) is 3. The maximum absolute atomic E-state index is 11.8. The number of carbonyl (C=O) groups is 1. The third kappa shape index (κ3) is 3.46. The van der Waals surface area contributed by atoms with E-state index in [1.807, 2.05) is 23.9 Å². The Bertz CT molecular complexity index is 243. The summed E-state index contributed by atoms with van der Waals surface area (Å²) in [7, 11) is 3.89. The molecule has 92 valence electrons. The van der Waals surface area contributed by atoms with E-state index in [2.05, 4.69) is 5.32 Å². The van der Waals surface area contributed by atoms with Crippen LogP contribution in [0.5, 0.6) is 0 Å². The van der Waals surface area contributed by atoms with Crippen molar-refractivity contribution in [2.75, 3.05) is 33.7 Å². The number of amides is 1. The predicted molar refractivity (Wildman–Crippen MR) is 64.3 cm³/mol. The average molecular weight is 225 g/mol. The summed E-state index contributed by atoms with van der Waals surface area (Å²) >= 11 is 0. The van der Waals surface area contributed by atoms with Crippen molar-refractivity contribution >= 4 is 5.91 Å². The van der Waals surface area contributed by atoms with Crippen molar-refractivity contribution in [1.82, 2.24) is 15.1 Å². The lowest BCUT2D eigenvalue weighted by atomic mass is 10.0. The van der Waals surface area contributed by atoms with Crippen LogP contribution in [-0.4, -0.2) is 61.5 Å². The van der Waals surface area contributed by atoms with Crippen LogP contribution in [0.2, 0.25) is 0 Å². The highest BCUT2D eigenvalue weighted by Gasteiger charge is 2.28. The summed E-state index contributed by atoms with van der Waals surface area (Å²) in [5.41, 5.74) is 0. The van der Waals surface area contributed by atoms with E-state index in [0.717, 1.165) is 32.0 Å². The van der Waals surface area contributed by atoms with Gasteiger partial charge in [-0.25, -0.2) is 0 Å². The summed E-state index contributed by atoms with van der Waals surface area (Å²) in [5.74, 6) is 0.273. The molecule has 1 saturated heterocycles. The minimum Gasteiger partial charge on any atom is -0.341 e. The van der Waals surface area contributed by atoms with E-state index in [1.54, 1.807) is 0 Å². The Morgan fingerprint density at radius 1 is 1.19 bits per heavy atom. The van der Waals surface area contributed by atoms with Gasteiger partial charge in [0, 0.05) is 25.2 Å². The van der Waals surface area contributed by atoms with Crippen molar-refractivity contribution < 1.29 is 4.79 Å². The molecule has 0 spiro atoms. The summed E-state index contributed by atoms with van der Waals surface area (Å²) < 4.78 is 0. The maximum Gasteiger partial charge on any atom is 0.236 e. The predicted octanol–water partition coefficient (Wildman–Crippen LogP) is 0.291. The molecule has 2 aliphatic rings. The molecule has 1 saturated carbocycles. The van der Waals surface area contributed by atoms with Gasteiger partial charge in [0.2, 0.25) is 5.91 Å². The van der Waals surface area contributed by atoms with Gasteiger partial charge >= 0.3 is 0 Å². The van der Waals surface area contributed by atoms with Crippen molar-refractivity contribution in [2.45, 2.75) is 37.8 Å². The van der Waals surface area contributed by atoms with Crippen LogP contribution < -0.4 is 5.32 Å². The molecule has 1 heterocycles. The highest BCUT2D eigenvalue weighted by Crippen LogP contribution is 2.22. The Kier molecular flexibility index (Phi) is 3.82. The lowest BCUT2D eigenvalue weighted by Gasteiger charge is -2.33. The minimum absolute atomic E-state index is 0.273. The van der Waals surface area contributed by atoms with Crippen LogP contribution in [-0.2, 0) is 4.79 Å². The van der Waals surface area contributed by atoms with Gasteiger partial charge in [-0.3, -0.25) is 4.79 Å². The molecular weight excluding hydrogens is 202 g/mol. The molecule has 1 amide bonds. The van der Waals surface area contributed by atoms with E-state index in [1.165, 1.54) is 12.8 Å². The summed E-state index contributed by atoms with van der Waals surface area (Å²) in [6, 6.07) is 1.44. The number of hydrogen-bond donors (Lipinski definition) is 1. The van der Waals surface area contributed by atoms with Crippen molar-refractivity contribution in [3.05, 3.63) is 0 Å². The fourth-order valence-corrected chi connectivity index (χ4v) is 2.25. The molecule has 2 fully saturated rings. The quantitative estimate of drug-likeness (QED) is 0.747. The van der Waals surface area contributed by atoms with Crippen LogP contribution >= 0.6 is 0 Å². The highest BCUT2D eigenvalue weighted by atomic mass is 16.2. The molecule has 0 unspecified atom stereocenters. The molecule has 0 aromatic heterocycles. The van der Waals surface area contributed by atoms with E-state index < -0.39 is 0 Å². The van der Waals surface area contributed by atoms with Crippen LogP contribution in [0.25, 0.3) is 0 Å². The lowest BCUT2D eigenvalue weighted by Crippen LogP contribution is -2.47. The first-order chi connectivity index (χ1) is 7.65. The largest absolute Gasteiger partial charge is 0.341 e. The van der Waals surface area contributed by atoms with Gasteiger partial charge in [-0.1, -0.05) is 0 Å². The van der Waals surface area contributed by atoms with Crippen molar-refractivity contribution in [2.24, 2.45) is 0 Å². The topological polar surface area (TPSA) is 35.6 Å². The van der Waals surface area contributed by atoms with E-state index in [0.29, 0.717) is 12.6 Å². The summed E-state index contributed by atoms with van der Waals surface area (Å²) in [5, 5.41) is 3.64. The lowest BCUT2D eigenvalue weighted by molar-refractivity contribution is -0.132. The number of nitrogens with zero attached hydrogens (tertiary/aromatic N) is 2. The van der Waals surface area contributed by atoms with Crippen molar-refractivity contribution in [1.29, 1.82) is 0 Å². The van der Waals surface area contributed by atoms with Crippen LogP contribution in [0.15, 0.2) is 0 Å². The van der Waals surface area contributed by atoms with Gasteiger partial charge in [-0.15, -0.1) is 0 Å². The van der Waals surface area contributed by atoms with Gasteiger partial charge in [0.1, 0.15) is 0 Å². The second kappa shape index (κ2) is 5.15. The summed E-state index contributed by atoms with van der Waals surface area (Å²) in [6.45, 7) is 2.40. The maximum atomic E-state index is 11.8. The first kappa shape index (κ1) is 11.9. The smallest absolute Gasteiger partial charge is 0.236 e. The van der Waals surface area contributed by atoms with Gasteiger partial charge in [0.25, 0.3) is 0 Å². The molecule has 0 aromatic carbocycles. The van der Waals surface area contributed by atoms with Gasteiger partial charge in [0.15, 0.2) is 0 Å². The fourth-order valence-electron chi connectivity index (χ4n) is 2.25. The molecule has 16 heavy (non-hydrogen) atoms. The second-order valence-corrected chi connectivity index (χ2v) is 5.33. The highest BCUT2D eigenvalue weighted by molar-refractivity contribution is 5.78. The number of carbonyl (C=O) groups excluding carboxylic acids is 1. The van der Waals surface area contributed by atoms with Crippen LogP contribution in [0, 0.1) is 0 Å². The zero-order valence-corrected chi connectivity index (χ0v) is 10.4. The zero-order chi connectivity index (χ0) is 11.5. The number of piperidine rings is 1. The molecular formula is C12H23N3O. The van der Waals surface area contributed by atoms with Crippen LogP contribution in [0.1, 0.15) is 25.7 Å². The molecule has 0 radical (unpaired) electrons. The van der Waals surface area contributed by atoms with E-state index in [-0.39, 0.29) is 5.91 Å². The third-order valence-corrected chi connectivity index (χ3v) is 3.35. The monoisotopic (exact) mass is 225 g/mol. The standard InChI is InChI=1S/C12H23N3O/c1-14(2)9-12(16)15-7-5-11(6-8-15)13-10-3-4-10/h10-11,13H,3-9H2,1-2H3. The SMILES string of the molecule is CN(C)CC(=O)N1CCC(NC2CC2)CC1. The molecule has 1 aliphatic heterocycles. The first-order valence-corrected chi connectivity index (χ1v) is 6.33. The van der Waals surface area contributed by atoms with Crippen LogP contribution in [0.3, 0.4) is 0 Å². The van der Waals surface area contributed by atoms with Gasteiger partial charge < -0.3 is 15.1 Å². The second-order valence-electron chi connectivity index (χ2n) is 5.33.